The molecule has 2 N–H and O–H groups in total. The van der Waals surface area contributed by atoms with Gasteiger partial charge in [-0.3, -0.25) is 0 Å². The van der Waals surface area contributed by atoms with Gasteiger partial charge < -0.3 is 15.2 Å². The number of rotatable bonds is 6. The lowest BCUT2D eigenvalue weighted by atomic mass is 9.48. The zero-order chi connectivity index (χ0) is 27.3. The van der Waals surface area contributed by atoms with E-state index in [0.29, 0.717) is 66.0 Å². The fourth-order valence-electron chi connectivity index (χ4n) is 9.45. The Kier molecular flexibility index (Phi) is 7.54. The van der Waals surface area contributed by atoms with Crippen LogP contribution in [0.15, 0.2) is 18.2 Å². The second kappa shape index (κ2) is 10.3. The second-order valence-electron chi connectivity index (χ2n) is 13.1. The highest BCUT2D eigenvalue weighted by molar-refractivity contribution is 5.55. The molecule has 4 fully saturated rings. The molecule has 0 aromatic heterocycles. The van der Waals surface area contributed by atoms with Crippen molar-refractivity contribution < 1.29 is 23.0 Å². The van der Waals surface area contributed by atoms with E-state index >= 15 is 0 Å². The van der Waals surface area contributed by atoms with Gasteiger partial charge in [-0.05, 0) is 136 Å². The van der Waals surface area contributed by atoms with Crippen LogP contribution in [-0.2, 0) is 4.74 Å². The van der Waals surface area contributed by atoms with Crippen molar-refractivity contribution in [3.05, 3.63) is 29.3 Å². The van der Waals surface area contributed by atoms with Crippen LogP contribution < -0.4 is 5.32 Å². The van der Waals surface area contributed by atoms with Crippen molar-refractivity contribution in [3.63, 3.8) is 0 Å². The molecule has 4 nitrogen and oxygen atoms in total. The number of ether oxygens (including phenoxy) is 1. The maximum atomic E-state index is 14.6. The lowest BCUT2D eigenvalue weighted by Crippen LogP contribution is -2.54. The molecule has 4 aliphatic rings. The van der Waals surface area contributed by atoms with Crippen LogP contribution in [0.25, 0.3) is 0 Å². The number of hydrogen-bond donors (Lipinski definition) is 2. The third-order valence-corrected chi connectivity index (χ3v) is 11.2. The van der Waals surface area contributed by atoms with E-state index in [4.69, 9.17) is 10.00 Å². The van der Waals surface area contributed by atoms with Crippen LogP contribution in [0.3, 0.4) is 0 Å². The van der Waals surface area contributed by atoms with E-state index in [2.05, 4.69) is 18.3 Å². The summed E-state index contributed by atoms with van der Waals surface area (Å²) in [6, 6.07) is 5.33. The van der Waals surface area contributed by atoms with E-state index in [1.165, 1.54) is 0 Å². The quantitative estimate of drug-likeness (QED) is 0.405. The van der Waals surface area contributed by atoms with Crippen LogP contribution in [0.1, 0.15) is 82.8 Å². The van der Waals surface area contributed by atoms with Crippen molar-refractivity contribution in [1.29, 1.82) is 5.26 Å². The summed E-state index contributed by atoms with van der Waals surface area (Å²) >= 11 is 0. The molecule has 4 aliphatic carbocycles. The van der Waals surface area contributed by atoms with Gasteiger partial charge in [0.05, 0.1) is 23.8 Å². The number of benzene rings is 1. The Hall–Kier alpha value is -1.78. The first kappa shape index (κ1) is 27.8. The van der Waals surface area contributed by atoms with E-state index in [0.717, 1.165) is 51.4 Å². The molecule has 0 unspecified atom stereocenters. The molecule has 0 spiro atoms. The maximum absolute atomic E-state index is 14.6. The molecule has 5 rings (SSSR count). The smallest absolute Gasteiger partial charge is 0.387 e. The molecule has 0 amide bonds. The normalized spacial score (nSPS) is 39.4. The SMILES string of the molecule is CCOC[C@@]1(O)CC[C@H]2[C@H](CC[C@@H]3[C@@H]2CC[C@]2(C)[C@@H]([C@H](Nc4ccc(C#N)cc4C)C(F)(F)F)CC[C@@H]32)C1. The monoisotopic (exact) mass is 532 g/mol. The molecule has 7 heteroatoms. The number of halogens is 3. The molecule has 0 heterocycles. The highest BCUT2D eigenvalue weighted by atomic mass is 19.4. The van der Waals surface area contributed by atoms with Gasteiger partial charge in [-0.15, -0.1) is 0 Å². The maximum Gasteiger partial charge on any atom is 0.408 e. The van der Waals surface area contributed by atoms with Crippen molar-refractivity contribution in [3.8, 4) is 6.07 Å². The van der Waals surface area contributed by atoms with Crippen LogP contribution in [-0.4, -0.2) is 36.1 Å². The molecule has 0 aliphatic heterocycles. The Balaban J connectivity index is 1.33. The summed E-state index contributed by atoms with van der Waals surface area (Å²) in [5.74, 6) is 2.00. The Bertz CT molecular complexity index is 1050. The van der Waals surface area contributed by atoms with Gasteiger partial charge in [0, 0.05) is 12.3 Å². The van der Waals surface area contributed by atoms with E-state index in [-0.39, 0.29) is 5.41 Å². The van der Waals surface area contributed by atoms with Gasteiger partial charge in [0.1, 0.15) is 6.04 Å². The predicted octanol–water partition coefficient (Wildman–Crippen LogP) is 7.25. The van der Waals surface area contributed by atoms with Crippen LogP contribution in [0.5, 0.6) is 0 Å². The number of nitrogens with zero attached hydrogens (tertiary/aromatic N) is 1. The van der Waals surface area contributed by atoms with Crippen molar-refractivity contribution in [1.82, 2.24) is 0 Å². The van der Waals surface area contributed by atoms with Crippen molar-refractivity contribution >= 4 is 5.69 Å². The van der Waals surface area contributed by atoms with Gasteiger partial charge in [-0.25, -0.2) is 0 Å². The number of aliphatic hydroxyl groups is 1. The van der Waals surface area contributed by atoms with Gasteiger partial charge in [0.25, 0.3) is 0 Å². The number of aryl methyl sites for hydroxylation is 1. The summed E-state index contributed by atoms with van der Waals surface area (Å²) < 4.78 is 49.5. The third-order valence-electron chi connectivity index (χ3n) is 11.2. The van der Waals surface area contributed by atoms with E-state index in [1.54, 1.807) is 25.1 Å². The minimum atomic E-state index is -4.36. The first-order valence-electron chi connectivity index (χ1n) is 14.6. The zero-order valence-electron chi connectivity index (χ0n) is 23.0. The Morgan fingerprint density at radius 1 is 1.11 bits per heavy atom. The summed E-state index contributed by atoms with van der Waals surface area (Å²) in [7, 11) is 0. The number of alkyl halides is 3. The summed E-state index contributed by atoms with van der Waals surface area (Å²) in [6.07, 6.45) is 3.68. The van der Waals surface area contributed by atoms with Crippen molar-refractivity contribution in [2.24, 2.45) is 40.9 Å². The molecular formula is C31H43F3N2O2. The van der Waals surface area contributed by atoms with Crippen LogP contribution in [0, 0.1) is 59.2 Å². The van der Waals surface area contributed by atoms with Gasteiger partial charge in [-0.1, -0.05) is 6.92 Å². The average Bonchev–Trinajstić information content (AvgIpc) is 3.22. The van der Waals surface area contributed by atoms with Crippen LogP contribution >= 0.6 is 0 Å². The minimum absolute atomic E-state index is 0.324. The van der Waals surface area contributed by atoms with Crippen LogP contribution in [0.4, 0.5) is 18.9 Å². The Morgan fingerprint density at radius 3 is 2.55 bits per heavy atom. The van der Waals surface area contributed by atoms with Gasteiger partial charge in [0.15, 0.2) is 0 Å². The number of fused-ring (bicyclic) bond motifs is 5. The van der Waals surface area contributed by atoms with Crippen molar-refractivity contribution in [2.45, 2.75) is 96.4 Å². The Labute approximate surface area is 225 Å². The van der Waals surface area contributed by atoms with Crippen molar-refractivity contribution in [2.75, 3.05) is 18.5 Å². The first-order chi connectivity index (χ1) is 18.0. The topological polar surface area (TPSA) is 65.3 Å². The molecule has 210 valence electrons. The molecule has 0 saturated heterocycles. The highest BCUT2D eigenvalue weighted by Crippen LogP contribution is 2.66. The number of anilines is 1. The fraction of sp³-hybridized carbons (Fsp3) is 0.774. The molecule has 0 radical (unpaired) electrons. The molecule has 0 bridgehead atoms. The molecular weight excluding hydrogens is 489 g/mol. The molecule has 38 heavy (non-hydrogen) atoms. The number of nitriles is 1. The predicted molar refractivity (Wildman–Crippen MR) is 141 cm³/mol. The lowest BCUT2D eigenvalue weighted by molar-refractivity contribution is -0.170. The van der Waals surface area contributed by atoms with E-state index in [9.17, 15) is 18.3 Å². The van der Waals surface area contributed by atoms with Gasteiger partial charge >= 0.3 is 6.18 Å². The largest absolute Gasteiger partial charge is 0.408 e. The first-order valence-corrected chi connectivity index (χ1v) is 14.6. The summed E-state index contributed by atoms with van der Waals surface area (Å²) in [5.41, 5.74) is 0.528. The molecule has 1 aromatic rings. The summed E-state index contributed by atoms with van der Waals surface area (Å²) in [6.45, 7) is 6.89. The molecule has 4 saturated carbocycles. The highest BCUT2D eigenvalue weighted by Gasteiger charge is 2.62. The fourth-order valence-corrected chi connectivity index (χ4v) is 9.45. The minimum Gasteiger partial charge on any atom is -0.387 e. The zero-order valence-corrected chi connectivity index (χ0v) is 23.0. The average molecular weight is 533 g/mol. The summed E-state index contributed by atoms with van der Waals surface area (Å²) in [4.78, 5) is 0. The lowest BCUT2D eigenvalue weighted by Gasteiger charge is -2.57. The molecule has 1 aromatic carbocycles. The third kappa shape index (κ3) is 4.96. The van der Waals surface area contributed by atoms with E-state index in [1.807, 2.05) is 6.92 Å². The van der Waals surface area contributed by atoms with E-state index < -0.39 is 23.7 Å². The number of nitrogens with one attached hydrogen (secondary N) is 1. The second-order valence-corrected chi connectivity index (χ2v) is 13.1. The molecule has 9 atom stereocenters. The van der Waals surface area contributed by atoms with Crippen LogP contribution in [0.2, 0.25) is 0 Å². The van der Waals surface area contributed by atoms with Gasteiger partial charge in [-0.2, -0.15) is 18.4 Å². The standard InChI is InChI=1S/C31H43F3N2O2/c1-4-38-18-30(37)14-12-22-21(16-30)6-7-24-23(22)11-13-29(3)25(24)8-9-26(29)28(31(32,33)34)36-27-10-5-20(17-35)15-19(27)2/h5,10,15,21-26,28,36-37H,4,6-9,11-14,16,18H2,1-3H3/t21-,22+,23-,24-,25+,26-,28+,29+,30-/m1/s1. The van der Waals surface area contributed by atoms with Gasteiger partial charge in [0.2, 0.25) is 0 Å². The number of hydrogen-bond acceptors (Lipinski definition) is 4. The summed E-state index contributed by atoms with van der Waals surface area (Å²) in [5, 5.41) is 23.2. The Morgan fingerprint density at radius 2 is 1.87 bits per heavy atom.